The van der Waals surface area contributed by atoms with Crippen LogP contribution in [0.4, 0.5) is 4.79 Å². The summed E-state index contributed by atoms with van der Waals surface area (Å²) in [6.45, 7) is 5.88. The molecule has 2 rings (SSSR count). The van der Waals surface area contributed by atoms with Crippen molar-refractivity contribution < 1.29 is 9.21 Å². The minimum Gasteiger partial charge on any atom is -0.454 e. The number of carbonyl (C=O) groups excluding carboxylic acids is 1. The van der Waals surface area contributed by atoms with Crippen molar-refractivity contribution in [1.29, 1.82) is 0 Å². The van der Waals surface area contributed by atoms with Crippen LogP contribution in [0.3, 0.4) is 0 Å². The number of hydrogen-bond acceptors (Lipinski definition) is 3. The Hall–Kier alpha value is -2.30. The molecular formula is C14H17N3O2. The van der Waals surface area contributed by atoms with E-state index in [-0.39, 0.29) is 0 Å². The van der Waals surface area contributed by atoms with Gasteiger partial charge in [-0.3, -0.25) is 0 Å². The molecule has 1 aromatic heterocycles. The molecule has 0 fully saturated rings. The molecule has 5 heteroatoms. The molecular weight excluding hydrogens is 242 g/mol. The van der Waals surface area contributed by atoms with Crippen molar-refractivity contribution in [2.75, 3.05) is 0 Å². The molecule has 2 amide bonds. The van der Waals surface area contributed by atoms with E-state index in [0.717, 1.165) is 23.0 Å². The second kappa shape index (κ2) is 5.14. The van der Waals surface area contributed by atoms with E-state index in [0.29, 0.717) is 11.5 Å². The fourth-order valence-electron chi connectivity index (χ4n) is 2.10. The summed E-state index contributed by atoms with van der Waals surface area (Å²) in [5, 5.41) is 5.01. The van der Waals surface area contributed by atoms with Crippen molar-refractivity contribution >= 4 is 22.7 Å². The molecule has 19 heavy (non-hydrogen) atoms. The van der Waals surface area contributed by atoms with E-state index < -0.39 is 6.03 Å². The van der Waals surface area contributed by atoms with Gasteiger partial charge in [0.1, 0.15) is 11.3 Å². The van der Waals surface area contributed by atoms with Gasteiger partial charge in [-0.25, -0.2) is 10.2 Å². The van der Waals surface area contributed by atoms with Crippen LogP contribution in [0, 0.1) is 6.92 Å². The molecule has 0 saturated carbocycles. The summed E-state index contributed by atoms with van der Waals surface area (Å²) < 4.78 is 5.82. The molecule has 2 aromatic rings. The topological polar surface area (TPSA) is 80.6 Å². The lowest BCUT2D eigenvalue weighted by Crippen LogP contribution is -2.25. The maximum absolute atomic E-state index is 10.7. The number of amides is 2. The third kappa shape index (κ3) is 2.59. The fourth-order valence-corrected chi connectivity index (χ4v) is 2.10. The molecule has 0 radical (unpaired) electrons. The highest BCUT2D eigenvalue weighted by molar-refractivity contribution is 6.02. The number of primary amides is 1. The molecule has 0 aliphatic carbocycles. The third-order valence-corrected chi connectivity index (χ3v) is 2.96. The predicted molar refractivity (Wildman–Crippen MR) is 75.3 cm³/mol. The quantitative estimate of drug-likeness (QED) is 0.656. The Morgan fingerprint density at radius 3 is 2.84 bits per heavy atom. The maximum atomic E-state index is 10.7. The van der Waals surface area contributed by atoms with Crippen LogP contribution in [0.5, 0.6) is 0 Å². The molecule has 1 aromatic carbocycles. The van der Waals surface area contributed by atoms with Gasteiger partial charge < -0.3 is 10.2 Å². The largest absolute Gasteiger partial charge is 0.454 e. The Labute approximate surface area is 111 Å². The summed E-state index contributed by atoms with van der Waals surface area (Å²) in [5.74, 6) is 0.692. The van der Waals surface area contributed by atoms with Crippen molar-refractivity contribution in [3.63, 3.8) is 0 Å². The lowest BCUT2D eigenvalue weighted by atomic mass is 10.0. The van der Waals surface area contributed by atoms with Crippen molar-refractivity contribution in [2.24, 2.45) is 10.8 Å². The number of hydrogen-bond donors (Lipinski definition) is 2. The van der Waals surface area contributed by atoms with Crippen LogP contribution in [0.1, 0.15) is 30.7 Å². The smallest absolute Gasteiger partial charge is 0.332 e. The second-order valence-electron chi connectivity index (χ2n) is 4.44. The van der Waals surface area contributed by atoms with Gasteiger partial charge in [-0.2, -0.15) is 5.10 Å². The maximum Gasteiger partial charge on any atom is 0.332 e. The zero-order chi connectivity index (χ0) is 14.0. The first-order chi connectivity index (χ1) is 9.02. The van der Waals surface area contributed by atoms with Gasteiger partial charge in [0.05, 0.1) is 0 Å². The normalized spacial score (nSPS) is 11.8. The van der Waals surface area contributed by atoms with E-state index in [4.69, 9.17) is 10.2 Å². The Morgan fingerprint density at radius 2 is 2.21 bits per heavy atom. The number of benzene rings is 1. The first-order valence-corrected chi connectivity index (χ1v) is 6.15. The Kier molecular flexibility index (Phi) is 3.55. The van der Waals surface area contributed by atoms with Crippen LogP contribution in [0.2, 0.25) is 0 Å². The average Bonchev–Trinajstić information content (AvgIpc) is 2.73. The van der Waals surface area contributed by atoms with E-state index >= 15 is 0 Å². The van der Waals surface area contributed by atoms with Gasteiger partial charge in [-0.1, -0.05) is 18.6 Å². The molecule has 0 spiro atoms. The predicted octanol–water partition coefficient (Wildman–Crippen LogP) is 2.70. The number of nitrogens with one attached hydrogen (secondary N) is 1. The van der Waals surface area contributed by atoms with Crippen LogP contribution >= 0.6 is 0 Å². The molecule has 5 nitrogen and oxygen atoms in total. The number of urea groups is 1. The number of aryl methyl sites for hydroxylation is 2. The zero-order valence-corrected chi connectivity index (χ0v) is 11.3. The number of nitrogens with zero attached hydrogens (tertiary/aromatic N) is 1. The van der Waals surface area contributed by atoms with Gasteiger partial charge in [0.15, 0.2) is 5.76 Å². The van der Waals surface area contributed by atoms with Crippen molar-refractivity contribution in [3.8, 4) is 0 Å². The Bertz CT molecular complexity index is 656. The zero-order valence-electron chi connectivity index (χ0n) is 11.3. The number of fused-ring (bicyclic) bond motifs is 1. The SMILES string of the molecule is CCc1c(C(C)=NNC(N)=O)oc2ccc(C)cc12. The third-order valence-electron chi connectivity index (χ3n) is 2.96. The summed E-state index contributed by atoms with van der Waals surface area (Å²) in [5.41, 5.74) is 10.9. The molecule has 3 N–H and O–H groups in total. The summed E-state index contributed by atoms with van der Waals surface area (Å²) in [6, 6.07) is 5.35. The number of furan rings is 1. The summed E-state index contributed by atoms with van der Waals surface area (Å²) >= 11 is 0. The number of nitrogens with two attached hydrogens (primary N) is 1. The highest BCUT2D eigenvalue weighted by atomic mass is 16.3. The monoisotopic (exact) mass is 259 g/mol. The summed E-state index contributed by atoms with van der Waals surface area (Å²) in [7, 11) is 0. The summed E-state index contributed by atoms with van der Waals surface area (Å²) in [6.07, 6.45) is 0.829. The molecule has 0 atom stereocenters. The van der Waals surface area contributed by atoms with Gasteiger partial charge in [0, 0.05) is 10.9 Å². The van der Waals surface area contributed by atoms with Gasteiger partial charge in [-0.05, 0) is 32.4 Å². The van der Waals surface area contributed by atoms with Gasteiger partial charge in [0.2, 0.25) is 0 Å². The fraction of sp³-hybridized carbons (Fsp3) is 0.286. The minimum atomic E-state index is -0.690. The number of hydrazone groups is 1. The van der Waals surface area contributed by atoms with E-state index in [2.05, 4.69) is 23.5 Å². The number of carbonyl (C=O) groups is 1. The van der Waals surface area contributed by atoms with E-state index in [1.807, 2.05) is 19.1 Å². The van der Waals surface area contributed by atoms with Crippen molar-refractivity contribution in [2.45, 2.75) is 27.2 Å². The van der Waals surface area contributed by atoms with Gasteiger partial charge >= 0.3 is 6.03 Å². The molecule has 1 heterocycles. The highest BCUT2D eigenvalue weighted by Crippen LogP contribution is 2.27. The standard InChI is InChI=1S/C14H17N3O2/c1-4-10-11-7-8(2)5-6-12(11)19-13(10)9(3)16-17-14(15)18/h5-7H,4H2,1-3H3,(H3,15,17,18). The van der Waals surface area contributed by atoms with E-state index in [1.165, 1.54) is 5.56 Å². The van der Waals surface area contributed by atoms with Crippen LogP contribution in [0.15, 0.2) is 27.7 Å². The van der Waals surface area contributed by atoms with E-state index in [9.17, 15) is 4.79 Å². The molecule has 0 bridgehead atoms. The lowest BCUT2D eigenvalue weighted by molar-refractivity contribution is 0.249. The molecule has 0 unspecified atom stereocenters. The first-order valence-electron chi connectivity index (χ1n) is 6.15. The molecule has 0 aliphatic heterocycles. The average molecular weight is 259 g/mol. The minimum absolute atomic E-state index is 0.601. The highest BCUT2D eigenvalue weighted by Gasteiger charge is 2.15. The molecule has 0 saturated heterocycles. The Balaban J connectivity index is 2.54. The Morgan fingerprint density at radius 1 is 1.47 bits per heavy atom. The lowest BCUT2D eigenvalue weighted by Gasteiger charge is -2.00. The molecule has 0 aliphatic rings. The number of rotatable bonds is 3. The van der Waals surface area contributed by atoms with E-state index in [1.54, 1.807) is 6.92 Å². The van der Waals surface area contributed by atoms with Gasteiger partial charge in [0.25, 0.3) is 0 Å². The van der Waals surface area contributed by atoms with Crippen LogP contribution in [0.25, 0.3) is 11.0 Å². The molecule has 100 valence electrons. The van der Waals surface area contributed by atoms with Crippen LogP contribution < -0.4 is 11.2 Å². The van der Waals surface area contributed by atoms with Gasteiger partial charge in [-0.15, -0.1) is 0 Å². The second-order valence-corrected chi connectivity index (χ2v) is 4.44. The van der Waals surface area contributed by atoms with Crippen LogP contribution in [-0.2, 0) is 6.42 Å². The van der Waals surface area contributed by atoms with Crippen molar-refractivity contribution in [1.82, 2.24) is 5.43 Å². The van der Waals surface area contributed by atoms with Crippen LogP contribution in [-0.4, -0.2) is 11.7 Å². The van der Waals surface area contributed by atoms with Crippen molar-refractivity contribution in [3.05, 3.63) is 35.1 Å². The first kappa shape index (κ1) is 13.1. The summed E-state index contributed by atoms with van der Waals surface area (Å²) in [4.78, 5) is 10.7.